The number of carbonyl (C=O) groups excluding carboxylic acids is 3. The highest BCUT2D eigenvalue weighted by molar-refractivity contribution is 5.87. The van der Waals surface area contributed by atoms with Gasteiger partial charge in [-0.3, -0.25) is 9.59 Å². The number of hydrogen-bond acceptors (Lipinski definition) is 6. The molecule has 7 nitrogen and oxygen atoms in total. The Morgan fingerprint density at radius 1 is 1.22 bits per heavy atom. The molecule has 3 rings (SSSR count). The molecule has 1 aromatic rings. The van der Waals surface area contributed by atoms with Crippen LogP contribution >= 0.6 is 0 Å². The highest BCUT2D eigenvalue weighted by Gasteiger charge is 2.55. The molecule has 0 saturated heterocycles. The van der Waals surface area contributed by atoms with Crippen LogP contribution in [0.15, 0.2) is 30.3 Å². The smallest absolute Gasteiger partial charge is 0.328 e. The summed E-state index contributed by atoms with van der Waals surface area (Å²) in [4.78, 5) is 38.3. The first kappa shape index (κ1) is 24.4. The van der Waals surface area contributed by atoms with Crippen LogP contribution in [0.1, 0.15) is 51.0 Å². The lowest BCUT2D eigenvalue weighted by atomic mass is 9.53. The second-order valence-electron chi connectivity index (χ2n) is 9.37. The zero-order valence-electron chi connectivity index (χ0n) is 19.3. The van der Waals surface area contributed by atoms with Crippen LogP contribution in [0.5, 0.6) is 0 Å². The van der Waals surface area contributed by atoms with Crippen molar-refractivity contribution >= 4 is 17.7 Å². The SMILES string of the molecule is CNC1CCCCC12CC(O)C(C(=O)N[C@@H](Cc1ccccc1)C(=O)OC)CC2C(C)=O. The fourth-order valence-corrected chi connectivity index (χ4v) is 5.99. The minimum atomic E-state index is -0.866. The summed E-state index contributed by atoms with van der Waals surface area (Å²) < 4.78 is 4.90. The van der Waals surface area contributed by atoms with Gasteiger partial charge in [0.15, 0.2) is 0 Å². The molecule has 0 bridgehead atoms. The quantitative estimate of drug-likeness (QED) is 0.556. The second kappa shape index (κ2) is 10.6. The summed E-state index contributed by atoms with van der Waals surface area (Å²) in [6, 6.07) is 8.68. The van der Waals surface area contributed by atoms with E-state index in [-0.39, 0.29) is 23.2 Å². The molecule has 2 saturated carbocycles. The van der Waals surface area contributed by atoms with Crippen molar-refractivity contribution in [1.29, 1.82) is 0 Å². The Labute approximate surface area is 190 Å². The van der Waals surface area contributed by atoms with E-state index in [0.29, 0.717) is 19.3 Å². The molecule has 0 radical (unpaired) electrons. The summed E-state index contributed by atoms with van der Waals surface area (Å²) in [6.07, 6.45) is 4.07. The van der Waals surface area contributed by atoms with Gasteiger partial charge in [-0.25, -0.2) is 4.79 Å². The molecule has 2 aliphatic carbocycles. The van der Waals surface area contributed by atoms with Crippen molar-refractivity contribution in [2.24, 2.45) is 17.3 Å². The fraction of sp³-hybridized carbons (Fsp3) is 0.640. The van der Waals surface area contributed by atoms with Crippen LogP contribution in [0.2, 0.25) is 0 Å². The molecule has 1 spiro atoms. The summed E-state index contributed by atoms with van der Waals surface area (Å²) in [5, 5.41) is 17.2. The van der Waals surface area contributed by atoms with Gasteiger partial charge in [0.2, 0.25) is 5.91 Å². The Kier molecular flexibility index (Phi) is 8.06. The normalized spacial score (nSPS) is 31.0. The number of Topliss-reactive ketones (excluding diaryl/α,β-unsaturated/α-hetero) is 1. The molecule has 3 N–H and O–H groups in total. The maximum atomic E-state index is 13.2. The number of hydrogen-bond donors (Lipinski definition) is 3. The van der Waals surface area contributed by atoms with Crippen LogP contribution in [-0.2, 0) is 25.5 Å². The number of amides is 1. The van der Waals surface area contributed by atoms with Crippen molar-refractivity contribution in [3.8, 4) is 0 Å². The standard InChI is InChI=1S/C25H36N2O5/c1-16(28)19-14-18(21(29)15-25(19)12-8-7-11-22(25)26-2)23(30)27-20(24(31)32-3)13-17-9-5-4-6-10-17/h4-6,9-10,18-22,26,29H,7-8,11-15H2,1-3H3,(H,27,30)/t18?,19?,20-,21?,22?,25?/m0/s1. The third kappa shape index (κ3) is 5.04. The Balaban J connectivity index is 1.78. The van der Waals surface area contributed by atoms with Gasteiger partial charge in [0.1, 0.15) is 11.8 Å². The predicted octanol–water partition coefficient (Wildman–Crippen LogP) is 2.01. The minimum absolute atomic E-state index is 0.0608. The van der Waals surface area contributed by atoms with E-state index in [4.69, 9.17) is 4.74 Å². The van der Waals surface area contributed by atoms with E-state index < -0.39 is 29.9 Å². The molecule has 176 valence electrons. The zero-order chi connectivity index (χ0) is 23.3. The lowest BCUT2D eigenvalue weighted by Gasteiger charge is -2.53. The number of rotatable bonds is 7. The molecule has 1 aromatic carbocycles. The Bertz CT molecular complexity index is 814. The summed E-state index contributed by atoms with van der Waals surface area (Å²) in [6.45, 7) is 1.59. The number of nitrogens with one attached hydrogen (secondary N) is 2. The van der Waals surface area contributed by atoms with E-state index in [1.54, 1.807) is 6.92 Å². The molecule has 0 aromatic heterocycles. The molecule has 0 aliphatic heterocycles. The number of esters is 1. The van der Waals surface area contributed by atoms with Gasteiger partial charge >= 0.3 is 5.97 Å². The average Bonchev–Trinajstić information content (AvgIpc) is 2.78. The lowest BCUT2D eigenvalue weighted by molar-refractivity contribution is -0.151. The van der Waals surface area contributed by atoms with E-state index in [0.717, 1.165) is 31.2 Å². The van der Waals surface area contributed by atoms with Crippen molar-refractivity contribution in [2.75, 3.05) is 14.2 Å². The molecule has 6 atom stereocenters. The van der Waals surface area contributed by atoms with E-state index in [1.165, 1.54) is 7.11 Å². The van der Waals surface area contributed by atoms with Gasteiger partial charge in [0.05, 0.1) is 19.1 Å². The number of carbonyl (C=O) groups is 3. The molecule has 2 fully saturated rings. The molecule has 7 heteroatoms. The van der Waals surface area contributed by atoms with Gasteiger partial charge in [-0.15, -0.1) is 0 Å². The minimum Gasteiger partial charge on any atom is -0.467 e. The van der Waals surface area contributed by atoms with Gasteiger partial charge in [-0.2, -0.15) is 0 Å². The van der Waals surface area contributed by atoms with E-state index >= 15 is 0 Å². The van der Waals surface area contributed by atoms with Crippen molar-refractivity contribution < 1.29 is 24.2 Å². The van der Waals surface area contributed by atoms with E-state index in [9.17, 15) is 19.5 Å². The van der Waals surface area contributed by atoms with Crippen LogP contribution in [0, 0.1) is 17.3 Å². The maximum absolute atomic E-state index is 13.2. The number of ketones is 1. The van der Waals surface area contributed by atoms with Gasteiger partial charge in [0, 0.05) is 18.4 Å². The van der Waals surface area contributed by atoms with Gasteiger partial charge in [0.25, 0.3) is 0 Å². The largest absolute Gasteiger partial charge is 0.467 e. The molecule has 5 unspecified atom stereocenters. The first-order valence-corrected chi connectivity index (χ1v) is 11.6. The summed E-state index contributed by atoms with van der Waals surface area (Å²) in [7, 11) is 3.20. The van der Waals surface area contributed by atoms with Crippen LogP contribution in [0.25, 0.3) is 0 Å². The fourth-order valence-electron chi connectivity index (χ4n) is 5.99. The first-order valence-electron chi connectivity index (χ1n) is 11.6. The van der Waals surface area contributed by atoms with Crippen LogP contribution in [0.4, 0.5) is 0 Å². The summed E-state index contributed by atoms with van der Waals surface area (Å²) in [5.41, 5.74) is 0.563. The monoisotopic (exact) mass is 444 g/mol. The zero-order valence-corrected chi connectivity index (χ0v) is 19.3. The number of ether oxygens (including phenoxy) is 1. The Morgan fingerprint density at radius 3 is 2.56 bits per heavy atom. The van der Waals surface area contributed by atoms with Crippen molar-refractivity contribution in [3.05, 3.63) is 35.9 Å². The Morgan fingerprint density at radius 2 is 1.94 bits per heavy atom. The second-order valence-corrected chi connectivity index (χ2v) is 9.37. The van der Waals surface area contributed by atoms with E-state index in [1.807, 2.05) is 37.4 Å². The topological polar surface area (TPSA) is 105 Å². The highest BCUT2D eigenvalue weighted by atomic mass is 16.5. The van der Waals surface area contributed by atoms with Gasteiger partial charge < -0.3 is 20.5 Å². The predicted molar refractivity (Wildman–Crippen MR) is 121 cm³/mol. The van der Waals surface area contributed by atoms with Crippen molar-refractivity contribution in [3.63, 3.8) is 0 Å². The summed E-state index contributed by atoms with van der Waals surface area (Å²) >= 11 is 0. The Hall–Kier alpha value is -2.25. The number of methoxy groups -OCH3 is 1. The molecule has 32 heavy (non-hydrogen) atoms. The van der Waals surface area contributed by atoms with Crippen LogP contribution in [-0.4, -0.2) is 55.1 Å². The summed E-state index contributed by atoms with van der Waals surface area (Å²) in [5.74, 6) is -1.91. The molecule has 0 heterocycles. The van der Waals surface area contributed by atoms with Crippen LogP contribution < -0.4 is 10.6 Å². The number of aliphatic hydroxyl groups is 1. The molecular formula is C25H36N2O5. The third-order valence-corrected chi connectivity index (χ3v) is 7.58. The maximum Gasteiger partial charge on any atom is 0.328 e. The number of aliphatic hydroxyl groups excluding tert-OH is 1. The van der Waals surface area contributed by atoms with Gasteiger partial charge in [-0.1, -0.05) is 43.2 Å². The van der Waals surface area contributed by atoms with Gasteiger partial charge in [-0.05, 0) is 50.6 Å². The highest BCUT2D eigenvalue weighted by Crippen LogP contribution is 2.53. The molecular weight excluding hydrogens is 408 g/mol. The van der Waals surface area contributed by atoms with Crippen molar-refractivity contribution in [1.82, 2.24) is 10.6 Å². The number of benzene rings is 1. The first-order chi connectivity index (χ1) is 15.3. The van der Waals surface area contributed by atoms with Crippen molar-refractivity contribution in [2.45, 2.75) is 70.1 Å². The lowest BCUT2D eigenvalue weighted by Crippen LogP contribution is -2.60. The van der Waals surface area contributed by atoms with E-state index in [2.05, 4.69) is 10.6 Å². The third-order valence-electron chi connectivity index (χ3n) is 7.58. The van der Waals surface area contributed by atoms with Crippen LogP contribution in [0.3, 0.4) is 0 Å². The molecule has 2 aliphatic rings. The average molecular weight is 445 g/mol. The molecule has 1 amide bonds.